The van der Waals surface area contributed by atoms with E-state index in [0.29, 0.717) is 13.0 Å². The van der Waals surface area contributed by atoms with E-state index in [4.69, 9.17) is 5.84 Å². The van der Waals surface area contributed by atoms with E-state index >= 15 is 0 Å². The summed E-state index contributed by atoms with van der Waals surface area (Å²) in [4.78, 5) is 30.1. The van der Waals surface area contributed by atoms with E-state index in [1.54, 1.807) is 16.8 Å². The monoisotopic (exact) mass is 525 g/mol. The normalized spacial score (nSPS) is 13.7. The van der Waals surface area contributed by atoms with Crippen LogP contribution in [0.2, 0.25) is 0 Å². The van der Waals surface area contributed by atoms with Crippen LogP contribution < -0.4 is 16.5 Å². The zero-order valence-electron chi connectivity index (χ0n) is 21.3. The molecule has 0 aliphatic rings. The zero-order valence-corrected chi connectivity index (χ0v) is 22.2. The summed E-state index contributed by atoms with van der Waals surface area (Å²) in [6, 6.07) is 16.2. The lowest BCUT2D eigenvalue weighted by Gasteiger charge is -2.30. The highest BCUT2D eigenvalue weighted by atomic mass is 32.1. The van der Waals surface area contributed by atoms with Crippen LogP contribution in [0, 0.1) is 5.92 Å². The highest BCUT2D eigenvalue weighted by molar-refractivity contribution is 7.13. The van der Waals surface area contributed by atoms with E-state index in [1.807, 2.05) is 74.6 Å². The fourth-order valence-corrected chi connectivity index (χ4v) is 4.57. The molecule has 198 valence electrons. The molecular weight excluding hydrogens is 490 g/mol. The van der Waals surface area contributed by atoms with Crippen LogP contribution >= 0.6 is 11.3 Å². The molecule has 0 bridgehead atoms. The molecule has 0 unspecified atom stereocenters. The van der Waals surface area contributed by atoms with Crippen molar-refractivity contribution in [2.75, 3.05) is 13.7 Å². The third kappa shape index (κ3) is 8.64. The fraction of sp³-hybridized carbons (Fsp3) is 0.370. The van der Waals surface area contributed by atoms with Crippen LogP contribution in [0.15, 0.2) is 66.3 Å². The number of carbonyl (C=O) groups excluding carboxylic acids is 2. The number of methoxy groups -OCH3 is 1. The minimum atomic E-state index is -0.962. The van der Waals surface area contributed by atoms with Crippen molar-refractivity contribution in [2.24, 2.45) is 11.8 Å². The van der Waals surface area contributed by atoms with Crippen LogP contribution in [0.1, 0.15) is 25.0 Å². The Morgan fingerprint density at radius 1 is 1.08 bits per heavy atom. The fourth-order valence-electron chi connectivity index (χ4n) is 3.94. The van der Waals surface area contributed by atoms with Gasteiger partial charge in [0.2, 0.25) is 5.91 Å². The third-order valence-corrected chi connectivity index (χ3v) is 6.80. The smallest absolute Gasteiger partial charge is 0.407 e. The number of nitrogens with one attached hydrogen (secondary N) is 2. The Hall–Kier alpha value is -3.31. The molecule has 9 nitrogen and oxygen atoms in total. The van der Waals surface area contributed by atoms with Gasteiger partial charge in [-0.15, -0.1) is 11.3 Å². The van der Waals surface area contributed by atoms with Crippen molar-refractivity contribution in [2.45, 2.75) is 45.0 Å². The van der Waals surface area contributed by atoms with Gasteiger partial charge in [-0.05, 0) is 29.0 Å². The Labute approximate surface area is 221 Å². The van der Waals surface area contributed by atoms with Crippen LogP contribution in [0.4, 0.5) is 4.79 Å². The first-order valence-electron chi connectivity index (χ1n) is 12.1. The Morgan fingerprint density at radius 2 is 1.78 bits per heavy atom. The summed E-state index contributed by atoms with van der Waals surface area (Å²) < 4.78 is 4.66. The lowest BCUT2D eigenvalue weighted by atomic mass is 9.98. The van der Waals surface area contributed by atoms with Gasteiger partial charge < -0.3 is 20.5 Å². The second-order valence-electron chi connectivity index (χ2n) is 9.22. The maximum Gasteiger partial charge on any atom is 0.407 e. The number of rotatable bonds is 12. The minimum Gasteiger partial charge on any atom is -0.453 e. The standard InChI is InChI=1S/C27H35N5O4S/c1-18(2)25(31-27(35)36-3)26(34)30-22(13-19-7-5-4-6-8-19)23(33)16-32(28)15-20-9-11-21(12-10-20)24-14-29-17-37-24/h4-12,14,17-18,22-23,25,33H,13,15-16,28H2,1-3H3,(H,30,34)(H,31,35)/t22-,23-,25-/m0/s1. The SMILES string of the molecule is COC(=O)N[C@H](C(=O)N[C@@H](Cc1ccccc1)[C@@H](O)CN(N)Cc1ccc(-c2cncs2)cc1)C(C)C. The van der Waals surface area contributed by atoms with Crippen molar-refractivity contribution in [1.29, 1.82) is 0 Å². The van der Waals surface area contributed by atoms with Crippen LogP contribution in [0.5, 0.6) is 0 Å². The highest BCUT2D eigenvalue weighted by Crippen LogP contribution is 2.23. The summed E-state index contributed by atoms with van der Waals surface area (Å²) in [6.45, 7) is 4.20. The lowest BCUT2D eigenvalue weighted by Crippen LogP contribution is -2.56. The van der Waals surface area contributed by atoms with Gasteiger partial charge in [-0.2, -0.15) is 0 Å². The van der Waals surface area contributed by atoms with Crippen molar-refractivity contribution in [3.05, 3.63) is 77.4 Å². The van der Waals surface area contributed by atoms with Crippen molar-refractivity contribution in [3.63, 3.8) is 0 Å². The molecule has 1 heterocycles. The van der Waals surface area contributed by atoms with Gasteiger partial charge >= 0.3 is 6.09 Å². The van der Waals surface area contributed by atoms with E-state index in [-0.39, 0.29) is 12.5 Å². The topological polar surface area (TPSA) is 130 Å². The third-order valence-electron chi connectivity index (χ3n) is 5.98. The van der Waals surface area contributed by atoms with Crippen LogP contribution in [0.3, 0.4) is 0 Å². The molecule has 37 heavy (non-hydrogen) atoms. The van der Waals surface area contributed by atoms with Crippen molar-refractivity contribution in [1.82, 2.24) is 20.6 Å². The number of hydrazine groups is 1. The average molecular weight is 526 g/mol. The number of aliphatic hydroxyl groups is 1. The number of thiazole rings is 1. The number of nitrogens with zero attached hydrogens (tertiary/aromatic N) is 2. The largest absolute Gasteiger partial charge is 0.453 e. The Morgan fingerprint density at radius 3 is 2.38 bits per heavy atom. The van der Waals surface area contributed by atoms with Gasteiger partial charge in [0.25, 0.3) is 0 Å². The molecule has 0 fully saturated rings. The number of amides is 2. The molecule has 1 aromatic heterocycles. The van der Waals surface area contributed by atoms with Gasteiger partial charge in [0.1, 0.15) is 6.04 Å². The van der Waals surface area contributed by atoms with Crippen LogP contribution in [-0.4, -0.2) is 58.9 Å². The molecule has 10 heteroatoms. The summed E-state index contributed by atoms with van der Waals surface area (Å²) >= 11 is 1.58. The highest BCUT2D eigenvalue weighted by Gasteiger charge is 2.30. The molecule has 5 N–H and O–H groups in total. The second kappa shape index (κ2) is 13.8. The van der Waals surface area contributed by atoms with Gasteiger partial charge in [0.05, 0.1) is 29.6 Å². The zero-order chi connectivity index (χ0) is 26.8. The maximum absolute atomic E-state index is 13.1. The van der Waals surface area contributed by atoms with Gasteiger partial charge in [-0.1, -0.05) is 68.4 Å². The molecule has 3 atom stereocenters. The lowest BCUT2D eigenvalue weighted by molar-refractivity contribution is -0.125. The van der Waals surface area contributed by atoms with Crippen LogP contribution in [-0.2, 0) is 22.5 Å². The molecule has 0 saturated heterocycles. The van der Waals surface area contributed by atoms with Crippen molar-refractivity contribution in [3.8, 4) is 10.4 Å². The van der Waals surface area contributed by atoms with Gasteiger partial charge in [-0.25, -0.2) is 9.80 Å². The first-order chi connectivity index (χ1) is 17.8. The number of hydrogen-bond acceptors (Lipinski definition) is 8. The second-order valence-corrected chi connectivity index (χ2v) is 10.1. The number of aromatic nitrogens is 1. The van der Waals surface area contributed by atoms with Crippen LogP contribution in [0.25, 0.3) is 10.4 Å². The molecule has 2 aromatic carbocycles. The summed E-state index contributed by atoms with van der Waals surface area (Å²) in [5.74, 6) is 5.68. The predicted molar refractivity (Wildman–Crippen MR) is 144 cm³/mol. The van der Waals surface area contributed by atoms with Crippen molar-refractivity contribution < 1.29 is 19.4 Å². The maximum atomic E-state index is 13.1. The summed E-state index contributed by atoms with van der Waals surface area (Å²) in [5, 5.41) is 18.2. The first-order valence-corrected chi connectivity index (χ1v) is 13.0. The van der Waals surface area contributed by atoms with Crippen molar-refractivity contribution >= 4 is 23.3 Å². The molecule has 3 rings (SSSR count). The van der Waals surface area contributed by atoms with E-state index in [9.17, 15) is 14.7 Å². The number of benzene rings is 2. The van der Waals surface area contributed by atoms with E-state index in [1.165, 1.54) is 12.1 Å². The van der Waals surface area contributed by atoms with Gasteiger partial charge in [0, 0.05) is 19.3 Å². The van der Waals surface area contributed by atoms with Gasteiger partial charge in [0.15, 0.2) is 0 Å². The van der Waals surface area contributed by atoms with Gasteiger partial charge in [-0.3, -0.25) is 15.6 Å². The average Bonchev–Trinajstić information content (AvgIpc) is 3.42. The predicted octanol–water partition coefficient (Wildman–Crippen LogP) is 2.95. The molecule has 0 aliphatic carbocycles. The summed E-state index contributed by atoms with van der Waals surface area (Å²) in [5.41, 5.74) is 4.83. The summed E-state index contributed by atoms with van der Waals surface area (Å²) in [6.07, 6.45) is 0.575. The number of nitrogens with two attached hydrogens (primary N) is 1. The Kier molecular flexibility index (Phi) is 10.6. The molecule has 2 amide bonds. The number of aliphatic hydroxyl groups excluding tert-OH is 1. The Bertz CT molecular complexity index is 1110. The quantitative estimate of drug-likeness (QED) is 0.211. The molecule has 0 aliphatic heterocycles. The van der Waals surface area contributed by atoms with E-state index < -0.39 is 30.2 Å². The summed E-state index contributed by atoms with van der Waals surface area (Å²) in [7, 11) is 1.25. The molecule has 0 radical (unpaired) electrons. The molecule has 0 saturated carbocycles. The minimum absolute atomic E-state index is 0.130. The molecular formula is C27H35N5O4S. The number of ether oxygens (including phenoxy) is 1. The number of carbonyl (C=O) groups is 2. The number of alkyl carbamates (subject to hydrolysis) is 1. The molecule has 3 aromatic rings. The first kappa shape index (κ1) is 28.3. The Balaban J connectivity index is 1.67. The molecule has 0 spiro atoms. The number of hydrogen-bond donors (Lipinski definition) is 4. The van der Waals surface area contributed by atoms with E-state index in [2.05, 4.69) is 20.4 Å². The van der Waals surface area contributed by atoms with E-state index in [0.717, 1.165) is 21.6 Å².